The van der Waals surface area contributed by atoms with E-state index < -0.39 is 18.5 Å². The largest absolute Gasteiger partial charge is 0.480 e. The summed E-state index contributed by atoms with van der Waals surface area (Å²) >= 11 is 0. The Labute approximate surface area is 233 Å². The third-order valence-corrected chi connectivity index (χ3v) is 4.77. The molecular weight excluding hydrogens is 518 g/mol. The molecule has 0 aromatic rings. The van der Waals surface area contributed by atoms with Gasteiger partial charge < -0.3 is 53.1 Å². The van der Waals surface area contributed by atoms with Crippen LogP contribution in [0.5, 0.6) is 0 Å². The number of ether oxygens (including phenoxy) is 9. The standard InChI is InChI=1S/C26H51NO12/c1-2-3-4-5-7-31-9-11-33-13-15-35-17-19-37-21-22-38-20-18-36-16-14-34-12-10-32-8-6-27-25(28)23-39-24-26(29)30/h2-24H2,1H3,(H,27,28)(H,29,30). The van der Waals surface area contributed by atoms with Crippen molar-refractivity contribution in [3.8, 4) is 0 Å². The first-order valence-corrected chi connectivity index (χ1v) is 13.8. The van der Waals surface area contributed by atoms with Crippen molar-refractivity contribution in [2.45, 2.75) is 32.6 Å². The highest BCUT2D eigenvalue weighted by Crippen LogP contribution is 1.98. The fourth-order valence-corrected chi connectivity index (χ4v) is 2.82. The lowest BCUT2D eigenvalue weighted by atomic mass is 10.2. The Hall–Kier alpha value is -1.42. The van der Waals surface area contributed by atoms with Gasteiger partial charge in [0.1, 0.15) is 13.2 Å². The summed E-state index contributed by atoms with van der Waals surface area (Å²) in [6, 6.07) is 0. The molecule has 2 N–H and O–H groups in total. The Morgan fingerprint density at radius 3 is 1.26 bits per heavy atom. The molecule has 0 atom stereocenters. The summed E-state index contributed by atoms with van der Waals surface area (Å²) in [5, 5.41) is 11.0. The van der Waals surface area contributed by atoms with Crippen molar-refractivity contribution in [1.29, 1.82) is 0 Å². The fourth-order valence-electron chi connectivity index (χ4n) is 2.82. The normalized spacial score (nSPS) is 11.2. The van der Waals surface area contributed by atoms with Crippen LogP contribution in [0.2, 0.25) is 0 Å². The van der Waals surface area contributed by atoms with Crippen LogP contribution in [-0.2, 0) is 52.2 Å². The number of nitrogens with one attached hydrogen (secondary N) is 1. The van der Waals surface area contributed by atoms with Crippen LogP contribution < -0.4 is 5.32 Å². The van der Waals surface area contributed by atoms with Crippen molar-refractivity contribution in [2.24, 2.45) is 0 Å². The van der Waals surface area contributed by atoms with E-state index in [1.54, 1.807) is 0 Å². The summed E-state index contributed by atoms with van der Waals surface area (Å²) < 4.78 is 48.1. The molecule has 0 radical (unpaired) electrons. The van der Waals surface area contributed by atoms with Crippen molar-refractivity contribution in [1.82, 2.24) is 5.32 Å². The number of amides is 1. The van der Waals surface area contributed by atoms with Gasteiger partial charge in [-0.3, -0.25) is 4.79 Å². The zero-order chi connectivity index (χ0) is 28.5. The number of rotatable bonds is 33. The Kier molecular flexibility index (Phi) is 31.6. The maximum atomic E-state index is 11.3. The summed E-state index contributed by atoms with van der Waals surface area (Å²) in [6.07, 6.45) is 4.86. The molecule has 0 saturated heterocycles. The van der Waals surface area contributed by atoms with Gasteiger partial charge in [-0.05, 0) is 6.42 Å². The highest BCUT2D eigenvalue weighted by Gasteiger charge is 2.03. The van der Waals surface area contributed by atoms with Crippen LogP contribution in [0.25, 0.3) is 0 Å². The molecule has 0 unspecified atom stereocenters. The molecule has 0 aromatic heterocycles. The second-order valence-corrected chi connectivity index (χ2v) is 8.20. The highest BCUT2D eigenvalue weighted by atomic mass is 16.6. The van der Waals surface area contributed by atoms with E-state index >= 15 is 0 Å². The first-order chi connectivity index (χ1) is 19.2. The highest BCUT2D eigenvalue weighted by molar-refractivity contribution is 5.77. The molecule has 0 spiro atoms. The third kappa shape index (κ3) is 34.6. The minimum absolute atomic E-state index is 0.295. The average Bonchev–Trinajstić information content (AvgIpc) is 2.92. The van der Waals surface area contributed by atoms with Gasteiger partial charge in [-0.15, -0.1) is 0 Å². The molecule has 0 saturated carbocycles. The van der Waals surface area contributed by atoms with E-state index in [1.165, 1.54) is 19.3 Å². The minimum atomic E-state index is -1.12. The van der Waals surface area contributed by atoms with E-state index in [9.17, 15) is 9.59 Å². The van der Waals surface area contributed by atoms with Gasteiger partial charge in [0, 0.05) is 13.2 Å². The van der Waals surface area contributed by atoms with Gasteiger partial charge in [0.05, 0.1) is 99.1 Å². The zero-order valence-electron chi connectivity index (χ0n) is 23.7. The topological polar surface area (TPSA) is 149 Å². The van der Waals surface area contributed by atoms with E-state index in [0.29, 0.717) is 106 Å². The predicted octanol–water partition coefficient (Wildman–Crippen LogP) is 0.917. The Balaban J connectivity index is 3.08. The molecule has 232 valence electrons. The summed E-state index contributed by atoms with van der Waals surface area (Å²) in [4.78, 5) is 21.6. The average molecular weight is 570 g/mol. The molecule has 1 amide bonds. The van der Waals surface area contributed by atoms with Gasteiger partial charge in [-0.2, -0.15) is 0 Å². The van der Waals surface area contributed by atoms with Crippen molar-refractivity contribution in [2.75, 3.05) is 125 Å². The molecule has 0 aromatic carbocycles. The summed E-state index contributed by atoms with van der Waals surface area (Å²) in [7, 11) is 0. The van der Waals surface area contributed by atoms with Crippen LogP contribution in [0.4, 0.5) is 0 Å². The number of carbonyl (C=O) groups is 2. The second-order valence-electron chi connectivity index (χ2n) is 8.20. The number of aliphatic carboxylic acids is 1. The lowest BCUT2D eigenvalue weighted by Gasteiger charge is -2.09. The van der Waals surface area contributed by atoms with Crippen LogP contribution in [0, 0.1) is 0 Å². The minimum Gasteiger partial charge on any atom is -0.480 e. The van der Waals surface area contributed by atoms with Gasteiger partial charge >= 0.3 is 5.97 Å². The van der Waals surface area contributed by atoms with Crippen LogP contribution >= 0.6 is 0 Å². The van der Waals surface area contributed by atoms with E-state index in [1.807, 2.05) is 0 Å². The lowest BCUT2D eigenvalue weighted by Crippen LogP contribution is -2.31. The SMILES string of the molecule is CCCCCCOCCOCCOCCOCCOCCOCCOCCOCCNC(=O)COCC(=O)O. The van der Waals surface area contributed by atoms with Gasteiger partial charge in [0.25, 0.3) is 0 Å². The fraction of sp³-hybridized carbons (Fsp3) is 0.923. The van der Waals surface area contributed by atoms with Gasteiger partial charge in [-0.1, -0.05) is 26.2 Å². The summed E-state index contributed by atoms with van der Waals surface area (Å²) in [5.74, 6) is -1.51. The number of hydrogen-bond acceptors (Lipinski definition) is 11. The Morgan fingerprint density at radius 1 is 0.487 bits per heavy atom. The number of carboxylic acids is 1. The Morgan fingerprint density at radius 2 is 0.872 bits per heavy atom. The number of hydrogen-bond donors (Lipinski definition) is 2. The maximum absolute atomic E-state index is 11.3. The number of carboxylic acid groups (broad SMARTS) is 1. The van der Waals surface area contributed by atoms with E-state index in [0.717, 1.165) is 13.0 Å². The molecule has 0 aliphatic rings. The monoisotopic (exact) mass is 569 g/mol. The van der Waals surface area contributed by atoms with Gasteiger partial charge in [0.2, 0.25) is 5.91 Å². The third-order valence-electron chi connectivity index (χ3n) is 4.77. The number of carbonyl (C=O) groups excluding carboxylic acids is 1. The van der Waals surface area contributed by atoms with E-state index in [4.69, 9.17) is 43.0 Å². The predicted molar refractivity (Wildman–Crippen MR) is 142 cm³/mol. The molecule has 0 aliphatic heterocycles. The summed E-state index contributed by atoms with van der Waals surface area (Å²) in [5.41, 5.74) is 0. The van der Waals surface area contributed by atoms with E-state index in [-0.39, 0.29) is 6.61 Å². The lowest BCUT2D eigenvalue weighted by molar-refractivity contribution is -0.143. The van der Waals surface area contributed by atoms with E-state index in [2.05, 4.69) is 17.0 Å². The first kappa shape index (κ1) is 37.6. The molecule has 0 fully saturated rings. The van der Waals surface area contributed by atoms with Crippen molar-refractivity contribution in [3.63, 3.8) is 0 Å². The Bertz CT molecular complexity index is 527. The van der Waals surface area contributed by atoms with Crippen molar-refractivity contribution in [3.05, 3.63) is 0 Å². The molecule has 0 aliphatic carbocycles. The van der Waals surface area contributed by atoms with Gasteiger partial charge in [0.15, 0.2) is 0 Å². The second kappa shape index (κ2) is 32.8. The summed E-state index contributed by atoms with van der Waals surface area (Å²) in [6.45, 7) is 9.86. The molecule has 0 bridgehead atoms. The van der Waals surface area contributed by atoms with Crippen molar-refractivity contribution < 1.29 is 57.3 Å². The zero-order valence-corrected chi connectivity index (χ0v) is 23.7. The molecule has 13 nitrogen and oxygen atoms in total. The first-order valence-electron chi connectivity index (χ1n) is 13.8. The quantitative estimate of drug-likeness (QED) is 0.108. The van der Waals surface area contributed by atoms with Crippen LogP contribution in [0.1, 0.15) is 32.6 Å². The van der Waals surface area contributed by atoms with Crippen molar-refractivity contribution >= 4 is 11.9 Å². The smallest absolute Gasteiger partial charge is 0.329 e. The number of unbranched alkanes of at least 4 members (excludes halogenated alkanes) is 3. The van der Waals surface area contributed by atoms with Crippen LogP contribution in [0.3, 0.4) is 0 Å². The van der Waals surface area contributed by atoms with Gasteiger partial charge in [-0.25, -0.2) is 4.79 Å². The molecule has 39 heavy (non-hydrogen) atoms. The molecule has 0 heterocycles. The van der Waals surface area contributed by atoms with Crippen LogP contribution in [-0.4, -0.2) is 142 Å². The van der Waals surface area contributed by atoms with Crippen LogP contribution in [0.15, 0.2) is 0 Å². The molecule has 0 rings (SSSR count). The maximum Gasteiger partial charge on any atom is 0.329 e. The molecular formula is C26H51NO12. The molecule has 13 heteroatoms.